The van der Waals surface area contributed by atoms with Crippen molar-refractivity contribution in [2.75, 3.05) is 11.9 Å². The number of carbonyl (C=O) groups excluding carboxylic acids is 2. The van der Waals surface area contributed by atoms with Crippen LogP contribution in [0.15, 0.2) is 48.5 Å². The zero-order chi connectivity index (χ0) is 19.1. The van der Waals surface area contributed by atoms with Gasteiger partial charge in [0.1, 0.15) is 5.75 Å². The van der Waals surface area contributed by atoms with E-state index in [1.54, 1.807) is 31.2 Å². The van der Waals surface area contributed by atoms with Crippen LogP contribution in [0, 0.1) is 10.1 Å². The largest absolute Gasteiger partial charge is 0.484 e. The first kappa shape index (κ1) is 18.9. The standard InChI is InChI=1S/C18H19N3O5/c1-12(14-5-3-6-15(9-14)20-13(2)22)19-18(23)11-26-17-8-4-7-16(10-17)21(24)25/h3-10,12H,11H2,1-2H3,(H,19,23)(H,20,22)/t12-/m0/s1. The molecule has 0 aliphatic heterocycles. The number of ether oxygens (including phenoxy) is 1. The van der Waals surface area contributed by atoms with Crippen molar-refractivity contribution in [3.63, 3.8) is 0 Å². The maximum absolute atomic E-state index is 12.0. The molecule has 0 fully saturated rings. The summed E-state index contributed by atoms with van der Waals surface area (Å²) in [4.78, 5) is 33.4. The molecular weight excluding hydrogens is 338 g/mol. The quantitative estimate of drug-likeness (QED) is 0.585. The fourth-order valence-corrected chi connectivity index (χ4v) is 2.29. The number of nitro benzene ring substituents is 1. The van der Waals surface area contributed by atoms with Gasteiger partial charge in [0.2, 0.25) is 5.91 Å². The molecule has 0 spiro atoms. The Balaban J connectivity index is 1.92. The predicted octanol–water partition coefficient (Wildman–Crippen LogP) is 2.81. The first-order valence-corrected chi connectivity index (χ1v) is 7.89. The molecule has 2 N–H and O–H groups in total. The molecule has 0 saturated heterocycles. The average molecular weight is 357 g/mol. The summed E-state index contributed by atoms with van der Waals surface area (Å²) in [5.41, 5.74) is 1.36. The zero-order valence-electron chi connectivity index (χ0n) is 14.4. The summed E-state index contributed by atoms with van der Waals surface area (Å²) in [5, 5.41) is 16.2. The molecule has 0 saturated carbocycles. The van der Waals surface area contributed by atoms with Crippen molar-refractivity contribution in [1.29, 1.82) is 0 Å². The van der Waals surface area contributed by atoms with Crippen LogP contribution in [0.2, 0.25) is 0 Å². The van der Waals surface area contributed by atoms with Gasteiger partial charge in [0, 0.05) is 18.7 Å². The number of rotatable bonds is 7. The molecule has 0 heterocycles. The Hall–Kier alpha value is -3.42. The number of hydrogen-bond acceptors (Lipinski definition) is 5. The van der Waals surface area contributed by atoms with E-state index in [4.69, 9.17) is 4.74 Å². The minimum absolute atomic E-state index is 0.105. The van der Waals surface area contributed by atoms with Crippen LogP contribution >= 0.6 is 0 Å². The smallest absolute Gasteiger partial charge is 0.273 e. The lowest BCUT2D eigenvalue weighted by Crippen LogP contribution is -2.31. The highest BCUT2D eigenvalue weighted by Gasteiger charge is 2.12. The third-order valence-electron chi connectivity index (χ3n) is 3.48. The van der Waals surface area contributed by atoms with Gasteiger partial charge in [-0.1, -0.05) is 18.2 Å². The van der Waals surface area contributed by atoms with Crippen LogP contribution in [-0.4, -0.2) is 23.3 Å². The molecule has 2 amide bonds. The van der Waals surface area contributed by atoms with Crippen LogP contribution in [0.5, 0.6) is 5.75 Å². The van der Waals surface area contributed by atoms with Crippen LogP contribution in [0.3, 0.4) is 0 Å². The second-order valence-corrected chi connectivity index (χ2v) is 5.64. The molecule has 8 nitrogen and oxygen atoms in total. The summed E-state index contributed by atoms with van der Waals surface area (Å²) in [6.45, 7) is 2.96. The lowest BCUT2D eigenvalue weighted by atomic mass is 10.1. The summed E-state index contributed by atoms with van der Waals surface area (Å²) in [5.74, 6) is -0.298. The highest BCUT2D eigenvalue weighted by Crippen LogP contribution is 2.20. The summed E-state index contributed by atoms with van der Waals surface area (Å²) in [6.07, 6.45) is 0. The number of carbonyl (C=O) groups is 2. The van der Waals surface area contributed by atoms with Crippen molar-refractivity contribution >= 4 is 23.2 Å². The van der Waals surface area contributed by atoms with Gasteiger partial charge in [-0.3, -0.25) is 19.7 Å². The third-order valence-corrected chi connectivity index (χ3v) is 3.48. The Kier molecular flexibility index (Phi) is 6.26. The van der Waals surface area contributed by atoms with E-state index in [2.05, 4.69) is 10.6 Å². The van der Waals surface area contributed by atoms with E-state index in [1.165, 1.54) is 25.1 Å². The molecule has 0 bridgehead atoms. The van der Waals surface area contributed by atoms with Crippen molar-refractivity contribution in [2.24, 2.45) is 0 Å². The maximum Gasteiger partial charge on any atom is 0.273 e. The van der Waals surface area contributed by atoms with E-state index in [9.17, 15) is 19.7 Å². The van der Waals surface area contributed by atoms with Gasteiger partial charge >= 0.3 is 0 Å². The molecule has 0 aromatic heterocycles. The molecule has 0 radical (unpaired) electrons. The van der Waals surface area contributed by atoms with Crippen LogP contribution in [0.4, 0.5) is 11.4 Å². The van der Waals surface area contributed by atoms with E-state index in [0.717, 1.165) is 5.56 Å². The number of non-ortho nitro benzene ring substituents is 1. The van der Waals surface area contributed by atoms with Crippen molar-refractivity contribution in [2.45, 2.75) is 19.9 Å². The number of anilines is 1. The van der Waals surface area contributed by atoms with Crippen molar-refractivity contribution < 1.29 is 19.2 Å². The van der Waals surface area contributed by atoms with E-state index < -0.39 is 4.92 Å². The SMILES string of the molecule is CC(=O)Nc1cccc([C@H](C)NC(=O)COc2cccc([N+](=O)[O-])c2)c1. The fraction of sp³-hybridized carbons (Fsp3) is 0.222. The van der Waals surface area contributed by atoms with E-state index in [0.29, 0.717) is 5.69 Å². The summed E-state index contributed by atoms with van der Waals surface area (Å²) >= 11 is 0. The molecule has 2 aromatic rings. The number of nitrogens with zero attached hydrogens (tertiary/aromatic N) is 1. The Morgan fingerprint density at radius 1 is 1.19 bits per heavy atom. The van der Waals surface area contributed by atoms with Crippen molar-refractivity contribution in [3.8, 4) is 5.75 Å². The van der Waals surface area contributed by atoms with Crippen LogP contribution in [-0.2, 0) is 9.59 Å². The first-order valence-electron chi connectivity index (χ1n) is 7.89. The van der Waals surface area contributed by atoms with Crippen molar-refractivity contribution in [3.05, 3.63) is 64.2 Å². The van der Waals surface area contributed by atoms with Gasteiger partial charge in [0.15, 0.2) is 6.61 Å². The van der Waals surface area contributed by atoms with E-state index >= 15 is 0 Å². The number of nitro groups is 1. The second kappa shape index (κ2) is 8.61. The minimum atomic E-state index is -0.531. The maximum atomic E-state index is 12.0. The van der Waals surface area contributed by atoms with Gasteiger partial charge in [0.25, 0.3) is 11.6 Å². The van der Waals surface area contributed by atoms with Crippen LogP contribution in [0.1, 0.15) is 25.5 Å². The molecule has 8 heteroatoms. The highest BCUT2D eigenvalue weighted by molar-refractivity contribution is 5.88. The van der Waals surface area contributed by atoms with E-state index in [1.807, 2.05) is 6.07 Å². The Bertz CT molecular complexity index is 822. The number of amides is 2. The van der Waals surface area contributed by atoms with Crippen LogP contribution in [0.25, 0.3) is 0 Å². The van der Waals surface area contributed by atoms with Gasteiger partial charge in [-0.2, -0.15) is 0 Å². The number of benzene rings is 2. The van der Waals surface area contributed by atoms with Gasteiger partial charge in [-0.25, -0.2) is 0 Å². The summed E-state index contributed by atoms with van der Waals surface area (Å²) in [6, 6.07) is 12.5. The van der Waals surface area contributed by atoms with Gasteiger partial charge in [-0.05, 0) is 30.7 Å². The number of nitrogens with one attached hydrogen (secondary N) is 2. The Morgan fingerprint density at radius 3 is 2.62 bits per heavy atom. The molecule has 1 atom stereocenters. The third kappa shape index (κ3) is 5.59. The normalized spacial score (nSPS) is 11.3. The topological polar surface area (TPSA) is 111 Å². The monoisotopic (exact) mass is 357 g/mol. The lowest BCUT2D eigenvalue weighted by Gasteiger charge is -2.16. The summed E-state index contributed by atoms with van der Waals surface area (Å²) < 4.78 is 5.30. The molecule has 0 aliphatic rings. The first-order chi connectivity index (χ1) is 12.3. The fourth-order valence-electron chi connectivity index (χ4n) is 2.29. The molecule has 2 rings (SSSR count). The van der Waals surface area contributed by atoms with E-state index in [-0.39, 0.29) is 35.9 Å². The number of hydrogen-bond donors (Lipinski definition) is 2. The van der Waals surface area contributed by atoms with Crippen molar-refractivity contribution in [1.82, 2.24) is 5.32 Å². The summed E-state index contributed by atoms with van der Waals surface area (Å²) in [7, 11) is 0. The zero-order valence-corrected chi connectivity index (χ0v) is 14.4. The second-order valence-electron chi connectivity index (χ2n) is 5.64. The van der Waals surface area contributed by atoms with Gasteiger partial charge in [-0.15, -0.1) is 0 Å². The molecule has 26 heavy (non-hydrogen) atoms. The molecule has 0 aliphatic carbocycles. The average Bonchev–Trinajstić information content (AvgIpc) is 2.60. The van der Waals surface area contributed by atoms with Gasteiger partial charge < -0.3 is 15.4 Å². The molecule has 2 aromatic carbocycles. The molecule has 0 unspecified atom stereocenters. The molecular formula is C18H19N3O5. The predicted molar refractivity (Wildman–Crippen MR) is 95.9 cm³/mol. The lowest BCUT2D eigenvalue weighted by molar-refractivity contribution is -0.384. The molecule has 136 valence electrons. The van der Waals surface area contributed by atoms with Crippen LogP contribution < -0.4 is 15.4 Å². The minimum Gasteiger partial charge on any atom is -0.484 e. The Labute approximate surface area is 150 Å². The van der Waals surface area contributed by atoms with Gasteiger partial charge in [0.05, 0.1) is 17.0 Å². The highest BCUT2D eigenvalue weighted by atomic mass is 16.6. The Morgan fingerprint density at radius 2 is 1.92 bits per heavy atom.